The Morgan fingerprint density at radius 1 is 1.38 bits per heavy atom. The van der Waals surface area contributed by atoms with Crippen molar-refractivity contribution in [2.75, 3.05) is 13.1 Å². The fourth-order valence-corrected chi connectivity index (χ4v) is 5.62. The average molecular weight is 340 g/mol. The van der Waals surface area contributed by atoms with Gasteiger partial charge in [0.2, 0.25) is 0 Å². The van der Waals surface area contributed by atoms with Gasteiger partial charge in [-0.3, -0.25) is 0 Å². The standard InChI is InChI=1S/C6H10N.C5H5.Hf/c1-3-5-7-6-4-2;1-2-4-5-3-1;/h3-4H,1-2,5-6H2;1-3H,4H2;/q-1;;+1. The van der Waals surface area contributed by atoms with Crippen molar-refractivity contribution in [3.8, 4) is 0 Å². The van der Waals surface area contributed by atoms with Gasteiger partial charge < -0.3 is 0 Å². The van der Waals surface area contributed by atoms with E-state index in [0.29, 0.717) is 0 Å². The summed E-state index contributed by atoms with van der Waals surface area (Å²) in [4.78, 5) is 0. The van der Waals surface area contributed by atoms with Gasteiger partial charge in [-0.1, -0.05) is 0 Å². The molecule has 2 heteroatoms. The molecule has 1 aliphatic carbocycles. The third kappa shape index (κ3) is 4.01. The molecule has 0 aromatic carbocycles. The minimum atomic E-state index is -0.736. The van der Waals surface area contributed by atoms with E-state index in [1.165, 1.54) is 6.42 Å². The molecule has 1 rings (SSSR count). The van der Waals surface area contributed by atoms with E-state index in [1.54, 1.807) is 3.33 Å². The monoisotopic (exact) mass is 341 g/mol. The summed E-state index contributed by atoms with van der Waals surface area (Å²) in [6.07, 6.45) is 11.8. The Labute approximate surface area is 92.3 Å². The van der Waals surface area contributed by atoms with E-state index in [9.17, 15) is 0 Å². The van der Waals surface area contributed by atoms with Crippen molar-refractivity contribution in [3.05, 3.63) is 46.9 Å². The summed E-state index contributed by atoms with van der Waals surface area (Å²) in [6, 6.07) is 0. The molecule has 0 heterocycles. The number of hydrogen-bond acceptors (Lipinski definition) is 1. The zero-order valence-corrected chi connectivity index (χ0v) is 11.5. The van der Waals surface area contributed by atoms with E-state index in [4.69, 9.17) is 0 Å². The van der Waals surface area contributed by atoms with Crippen LogP contribution in [0.25, 0.3) is 0 Å². The molecule has 0 saturated carbocycles. The first-order valence-electron chi connectivity index (χ1n) is 4.46. The van der Waals surface area contributed by atoms with Crippen LogP contribution in [0.1, 0.15) is 6.42 Å². The molecule has 0 spiro atoms. The summed E-state index contributed by atoms with van der Waals surface area (Å²) in [5.74, 6) is 0. The third-order valence-corrected chi connectivity index (χ3v) is 6.58. The first-order valence-corrected chi connectivity index (χ1v) is 7.86. The van der Waals surface area contributed by atoms with Crippen LogP contribution in [0.5, 0.6) is 0 Å². The molecular formula is C11H15HfN. The molecule has 1 aliphatic rings. The molecule has 0 amide bonds. The molecule has 0 aromatic heterocycles. The topological polar surface area (TPSA) is 3.24 Å². The molecule has 0 fully saturated rings. The van der Waals surface area contributed by atoms with E-state index in [0.717, 1.165) is 13.1 Å². The van der Waals surface area contributed by atoms with Crippen LogP contribution in [0.15, 0.2) is 46.9 Å². The molecule has 0 saturated heterocycles. The number of nitrogens with zero attached hydrogens (tertiary/aromatic N) is 1. The predicted octanol–water partition coefficient (Wildman–Crippen LogP) is 2.50. The zero-order valence-electron chi connectivity index (χ0n) is 7.87. The molecule has 0 bridgehead atoms. The van der Waals surface area contributed by atoms with Gasteiger partial charge in [0, 0.05) is 0 Å². The van der Waals surface area contributed by atoms with Crippen molar-refractivity contribution >= 4 is 0 Å². The van der Waals surface area contributed by atoms with Crippen LogP contribution in [-0.2, 0) is 23.2 Å². The normalized spacial score (nSPS) is 14.4. The third-order valence-electron chi connectivity index (χ3n) is 1.77. The maximum atomic E-state index is 3.78. The van der Waals surface area contributed by atoms with Crippen molar-refractivity contribution in [1.29, 1.82) is 0 Å². The van der Waals surface area contributed by atoms with E-state index in [1.807, 2.05) is 12.2 Å². The molecule has 0 aliphatic heterocycles. The van der Waals surface area contributed by atoms with Crippen LogP contribution in [0.2, 0.25) is 0 Å². The van der Waals surface area contributed by atoms with Crippen molar-refractivity contribution in [2.45, 2.75) is 6.42 Å². The molecule has 1 nitrogen and oxygen atoms in total. The summed E-state index contributed by atoms with van der Waals surface area (Å²) >= 11 is -0.736. The minimum absolute atomic E-state index is 0.736. The quantitative estimate of drug-likeness (QED) is 0.531. The molecule has 68 valence electrons. The van der Waals surface area contributed by atoms with Gasteiger partial charge in [-0.05, 0) is 0 Å². The Kier molecular flexibility index (Phi) is 5.25. The van der Waals surface area contributed by atoms with E-state index < -0.39 is 23.2 Å². The van der Waals surface area contributed by atoms with Gasteiger partial charge in [0.15, 0.2) is 0 Å². The van der Waals surface area contributed by atoms with Crippen LogP contribution in [0.4, 0.5) is 0 Å². The van der Waals surface area contributed by atoms with Gasteiger partial charge in [-0.25, -0.2) is 0 Å². The number of rotatable bonds is 6. The maximum absolute atomic E-state index is 3.78. The van der Waals surface area contributed by atoms with Crippen molar-refractivity contribution in [1.82, 2.24) is 2.89 Å². The molecule has 0 atom stereocenters. The summed E-state index contributed by atoms with van der Waals surface area (Å²) in [7, 11) is 0. The van der Waals surface area contributed by atoms with Crippen LogP contribution in [-0.4, -0.2) is 16.0 Å². The zero-order chi connectivity index (χ0) is 9.52. The fraction of sp³-hybridized carbons (Fsp3) is 0.273. The second kappa shape index (κ2) is 6.28. The fourth-order valence-electron chi connectivity index (χ4n) is 1.21. The van der Waals surface area contributed by atoms with Gasteiger partial charge in [-0.15, -0.1) is 0 Å². The average Bonchev–Trinajstić information content (AvgIpc) is 2.58. The SMILES string of the molecule is C=CC[N](CC=C)[Hf][C]1=CC=CC1. The van der Waals surface area contributed by atoms with Crippen LogP contribution < -0.4 is 0 Å². The summed E-state index contributed by atoms with van der Waals surface area (Å²) in [5.41, 5.74) is 0. The second-order valence-electron chi connectivity index (χ2n) is 2.92. The van der Waals surface area contributed by atoms with Crippen LogP contribution >= 0.6 is 0 Å². The van der Waals surface area contributed by atoms with Gasteiger partial charge in [0.1, 0.15) is 0 Å². The van der Waals surface area contributed by atoms with Crippen LogP contribution in [0.3, 0.4) is 0 Å². The van der Waals surface area contributed by atoms with Crippen molar-refractivity contribution in [3.63, 3.8) is 0 Å². The second-order valence-corrected chi connectivity index (χ2v) is 8.30. The van der Waals surface area contributed by atoms with E-state index in [-0.39, 0.29) is 0 Å². The molecule has 13 heavy (non-hydrogen) atoms. The Hall–Kier alpha value is -0.210. The predicted molar refractivity (Wildman–Crippen MR) is 53.8 cm³/mol. The first-order chi connectivity index (χ1) is 6.36. The summed E-state index contributed by atoms with van der Waals surface area (Å²) in [6.45, 7) is 9.60. The van der Waals surface area contributed by atoms with Crippen molar-refractivity contribution < 1.29 is 23.2 Å². The molecule has 0 aromatic rings. The number of hydrogen-bond donors (Lipinski definition) is 0. The van der Waals surface area contributed by atoms with Crippen LogP contribution in [0, 0.1) is 0 Å². The summed E-state index contributed by atoms with van der Waals surface area (Å²) < 4.78 is 4.18. The van der Waals surface area contributed by atoms with Gasteiger partial charge >= 0.3 is 92.5 Å². The van der Waals surface area contributed by atoms with Crippen molar-refractivity contribution in [2.24, 2.45) is 0 Å². The molecule has 0 unspecified atom stereocenters. The Morgan fingerprint density at radius 2 is 2.08 bits per heavy atom. The molecule has 0 N–H and O–H groups in total. The summed E-state index contributed by atoms with van der Waals surface area (Å²) in [5, 5.41) is 0. The van der Waals surface area contributed by atoms with E-state index in [2.05, 4.69) is 34.3 Å². The Bertz CT molecular complexity index is 230. The first kappa shape index (κ1) is 10.9. The Balaban J connectivity index is 2.36. The molecular weight excluding hydrogens is 325 g/mol. The number of allylic oxidation sites excluding steroid dienone is 4. The Morgan fingerprint density at radius 3 is 2.54 bits per heavy atom. The van der Waals surface area contributed by atoms with E-state index >= 15 is 0 Å². The van der Waals surface area contributed by atoms with Gasteiger partial charge in [-0.2, -0.15) is 0 Å². The van der Waals surface area contributed by atoms with Gasteiger partial charge in [0.05, 0.1) is 0 Å². The van der Waals surface area contributed by atoms with Gasteiger partial charge in [0.25, 0.3) is 0 Å². The molecule has 0 radical (unpaired) electrons.